The van der Waals surface area contributed by atoms with E-state index in [2.05, 4.69) is 52.5 Å². The third-order valence-corrected chi connectivity index (χ3v) is 3.27. The van der Waals surface area contributed by atoms with Gasteiger partial charge in [0, 0.05) is 34.8 Å². The molecule has 3 rings (SSSR count). The topological polar surface area (TPSA) is 27.8 Å². The van der Waals surface area contributed by atoms with Crippen LogP contribution in [-0.4, -0.2) is 11.5 Å². The zero-order chi connectivity index (χ0) is 13.8. The van der Waals surface area contributed by atoms with Gasteiger partial charge in [0.15, 0.2) is 0 Å². The van der Waals surface area contributed by atoms with Crippen LogP contribution in [-0.2, 0) is 0 Å². The molecule has 2 aromatic rings. The molecule has 1 aliphatic heterocycles. The number of nitrogens with one attached hydrogen (secondary N) is 2. The summed E-state index contributed by atoms with van der Waals surface area (Å²) in [6.07, 6.45) is 10.1. The van der Waals surface area contributed by atoms with Gasteiger partial charge < -0.3 is 10.3 Å². The van der Waals surface area contributed by atoms with E-state index in [1.807, 2.05) is 31.5 Å². The van der Waals surface area contributed by atoms with Crippen LogP contribution in [0.3, 0.4) is 0 Å². The second-order valence-corrected chi connectivity index (χ2v) is 4.68. The molecule has 0 saturated heterocycles. The first-order valence-corrected chi connectivity index (χ1v) is 6.72. The maximum atomic E-state index is 3.28. The van der Waals surface area contributed by atoms with Crippen molar-refractivity contribution in [1.82, 2.24) is 10.3 Å². The highest BCUT2D eigenvalue weighted by molar-refractivity contribution is 5.80. The molecule has 1 aromatic carbocycles. The third kappa shape index (κ3) is 2.53. The Kier molecular flexibility index (Phi) is 3.43. The molecular formula is C18H16N2. The van der Waals surface area contributed by atoms with E-state index in [9.17, 15) is 0 Å². The Balaban J connectivity index is 1.96. The zero-order valence-corrected chi connectivity index (χ0v) is 11.4. The molecule has 2 N–H and O–H groups in total. The van der Waals surface area contributed by atoms with Crippen LogP contribution in [0.2, 0.25) is 0 Å². The van der Waals surface area contributed by atoms with Gasteiger partial charge in [-0.1, -0.05) is 24.0 Å². The van der Waals surface area contributed by atoms with Gasteiger partial charge in [-0.3, -0.25) is 0 Å². The lowest BCUT2D eigenvalue weighted by atomic mass is 10.1. The van der Waals surface area contributed by atoms with Crippen molar-refractivity contribution in [3.8, 4) is 11.8 Å². The van der Waals surface area contributed by atoms with Gasteiger partial charge >= 0.3 is 0 Å². The van der Waals surface area contributed by atoms with Crippen LogP contribution >= 0.6 is 0 Å². The number of fused-ring (bicyclic) bond motifs is 1. The summed E-state index contributed by atoms with van der Waals surface area (Å²) >= 11 is 0. The molecule has 1 aliphatic rings. The highest BCUT2D eigenvalue weighted by atomic mass is 14.8. The maximum Gasteiger partial charge on any atom is 0.0454 e. The number of hydrogen-bond donors (Lipinski definition) is 2. The van der Waals surface area contributed by atoms with Gasteiger partial charge in [-0.05, 0) is 49.0 Å². The second kappa shape index (κ2) is 5.54. The Labute approximate surface area is 118 Å². The summed E-state index contributed by atoms with van der Waals surface area (Å²) in [6.45, 7) is 2.87. The molecule has 0 unspecified atom stereocenters. The molecule has 98 valence electrons. The third-order valence-electron chi connectivity index (χ3n) is 3.27. The van der Waals surface area contributed by atoms with Crippen molar-refractivity contribution >= 4 is 10.9 Å². The zero-order valence-electron chi connectivity index (χ0n) is 11.4. The summed E-state index contributed by atoms with van der Waals surface area (Å²) in [5.41, 5.74) is 4.49. The van der Waals surface area contributed by atoms with Crippen LogP contribution in [0.25, 0.3) is 10.9 Å². The molecule has 0 spiro atoms. The maximum absolute atomic E-state index is 3.28. The van der Waals surface area contributed by atoms with Crippen molar-refractivity contribution < 1.29 is 0 Å². The normalized spacial score (nSPS) is 16.2. The highest BCUT2D eigenvalue weighted by Crippen LogP contribution is 2.14. The summed E-state index contributed by atoms with van der Waals surface area (Å²) in [7, 11) is 0. The Morgan fingerprint density at radius 1 is 1.30 bits per heavy atom. The Hall–Kier alpha value is -2.66. The summed E-state index contributed by atoms with van der Waals surface area (Å²) in [5, 5.41) is 4.38. The van der Waals surface area contributed by atoms with Crippen molar-refractivity contribution in [1.29, 1.82) is 0 Å². The number of H-pyrrole nitrogens is 1. The quantitative estimate of drug-likeness (QED) is 0.754. The lowest BCUT2D eigenvalue weighted by molar-refractivity contribution is 1.00. The van der Waals surface area contributed by atoms with Gasteiger partial charge in [-0.15, -0.1) is 0 Å². The van der Waals surface area contributed by atoms with E-state index in [0.29, 0.717) is 0 Å². The smallest absolute Gasteiger partial charge is 0.0454 e. The SMILES string of the molecule is C/C=C\C(C#Cc1ccc2[nH]ccc2c1)=C1\C=CNC1. The van der Waals surface area contributed by atoms with Crippen LogP contribution in [0, 0.1) is 11.8 Å². The van der Waals surface area contributed by atoms with Gasteiger partial charge in [0.25, 0.3) is 0 Å². The van der Waals surface area contributed by atoms with Gasteiger partial charge in [0.05, 0.1) is 0 Å². The van der Waals surface area contributed by atoms with Gasteiger partial charge in [-0.2, -0.15) is 0 Å². The molecule has 0 bridgehead atoms. The standard InChI is InChI=1S/C18H16N2/c1-2-3-15(17-8-10-19-13-17)6-4-14-5-7-18-16(12-14)9-11-20-18/h2-3,5,7-12,19-20H,13H2,1H3/b3-2-,17-15+. The van der Waals surface area contributed by atoms with Crippen LogP contribution in [0.1, 0.15) is 12.5 Å². The minimum atomic E-state index is 0.852. The molecule has 0 radical (unpaired) electrons. The molecular weight excluding hydrogens is 244 g/mol. The fraction of sp³-hybridized carbons (Fsp3) is 0.111. The van der Waals surface area contributed by atoms with Gasteiger partial charge in [0.1, 0.15) is 0 Å². The van der Waals surface area contributed by atoms with E-state index in [1.165, 1.54) is 11.0 Å². The van der Waals surface area contributed by atoms with Crippen LogP contribution < -0.4 is 5.32 Å². The lowest BCUT2D eigenvalue weighted by Gasteiger charge is -1.97. The van der Waals surface area contributed by atoms with Crippen molar-refractivity contribution in [3.05, 3.63) is 71.6 Å². The summed E-state index contributed by atoms with van der Waals surface area (Å²) < 4.78 is 0. The largest absolute Gasteiger partial charge is 0.387 e. The first-order chi connectivity index (χ1) is 9.86. The molecule has 0 atom stereocenters. The highest BCUT2D eigenvalue weighted by Gasteiger charge is 2.02. The van der Waals surface area contributed by atoms with E-state index in [4.69, 9.17) is 0 Å². The number of rotatable bonds is 1. The van der Waals surface area contributed by atoms with Gasteiger partial charge in [0.2, 0.25) is 0 Å². The molecule has 0 saturated carbocycles. The molecule has 2 nitrogen and oxygen atoms in total. The Morgan fingerprint density at radius 2 is 2.25 bits per heavy atom. The van der Waals surface area contributed by atoms with E-state index >= 15 is 0 Å². The van der Waals surface area contributed by atoms with Crippen LogP contribution in [0.15, 0.2) is 66.0 Å². The molecule has 1 aromatic heterocycles. The van der Waals surface area contributed by atoms with E-state index in [-0.39, 0.29) is 0 Å². The Bertz CT molecular complexity index is 776. The van der Waals surface area contributed by atoms with E-state index in [1.54, 1.807) is 0 Å². The number of aromatic nitrogens is 1. The predicted molar refractivity (Wildman–Crippen MR) is 84.2 cm³/mol. The number of allylic oxidation sites excluding steroid dienone is 3. The van der Waals surface area contributed by atoms with Crippen molar-refractivity contribution in [2.75, 3.05) is 6.54 Å². The molecule has 20 heavy (non-hydrogen) atoms. The van der Waals surface area contributed by atoms with Crippen LogP contribution in [0.4, 0.5) is 0 Å². The molecule has 0 aliphatic carbocycles. The van der Waals surface area contributed by atoms with Gasteiger partial charge in [-0.25, -0.2) is 0 Å². The first kappa shape index (κ1) is 12.4. The summed E-state index contributed by atoms with van der Waals surface area (Å²) in [4.78, 5) is 3.19. The van der Waals surface area contributed by atoms with E-state index < -0.39 is 0 Å². The molecule has 2 heteroatoms. The summed E-state index contributed by atoms with van der Waals surface area (Å²) in [6, 6.07) is 8.29. The monoisotopic (exact) mass is 260 g/mol. The number of hydrogen-bond acceptors (Lipinski definition) is 1. The Morgan fingerprint density at radius 3 is 3.05 bits per heavy atom. The van der Waals surface area contributed by atoms with Crippen molar-refractivity contribution in [2.24, 2.45) is 0 Å². The average molecular weight is 260 g/mol. The molecule has 0 amide bonds. The first-order valence-electron chi connectivity index (χ1n) is 6.72. The second-order valence-electron chi connectivity index (χ2n) is 4.68. The van der Waals surface area contributed by atoms with Crippen molar-refractivity contribution in [2.45, 2.75) is 6.92 Å². The number of aromatic amines is 1. The minimum Gasteiger partial charge on any atom is -0.387 e. The fourth-order valence-electron chi connectivity index (χ4n) is 2.24. The molecule has 0 fully saturated rings. The average Bonchev–Trinajstić information content (AvgIpc) is 3.13. The predicted octanol–water partition coefficient (Wildman–Crippen LogP) is 3.51. The van der Waals surface area contributed by atoms with E-state index in [0.717, 1.165) is 23.2 Å². The van der Waals surface area contributed by atoms with Crippen LogP contribution in [0.5, 0.6) is 0 Å². The molecule has 2 heterocycles. The van der Waals surface area contributed by atoms with Crippen molar-refractivity contribution in [3.63, 3.8) is 0 Å². The summed E-state index contributed by atoms with van der Waals surface area (Å²) in [5.74, 6) is 6.53. The lowest BCUT2D eigenvalue weighted by Crippen LogP contribution is -2.01. The number of benzene rings is 1. The minimum absolute atomic E-state index is 0.852. The fourth-order valence-corrected chi connectivity index (χ4v) is 2.24.